The molecule has 6 nitrogen and oxygen atoms in total. The Morgan fingerprint density at radius 3 is 2.46 bits per heavy atom. The molecule has 1 aromatic rings. The first-order valence-corrected chi connectivity index (χ1v) is 9.15. The summed E-state index contributed by atoms with van der Waals surface area (Å²) in [6.45, 7) is 10.1. The molecule has 0 bridgehead atoms. The molecule has 0 aliphatic carbocycles. The quantitative estimate of drug-likeness (QED) is 0.630. The molecule has 2 unspecified atom stereocenters. The summed E-state index contributed by atoms with van der Waals surface area (Å²) in [4.78, 5) is 24.7. The van der Waals surface area contributed by atoms with E-state index in [4.69, 9.17) is 14.2 Å². The van der Waals surface area contributed by atoms with E-state index in [1.54, 1.807) is 25.1 Å². The lowest BCUT2D eigenvalue weighted by Crippen LogP contribution is -2.42. The van der Waals surface area contributed by atoms with Crippen molar-refractivity contribution in [3.63, 3.8) is 0 Å². The first-order valence-electron chi connectivity index (χ1n) is 9.15. The van der Waals surface area contributed by atoms with Gasteiger partial charge in [-0.1, -0.05) is 20.8 Å². The average molecular weight is 365 g/mol. The molecule has 0 saturated heterocycles. The van der Waals surface area contributed by atoms with Gasteiger partial charge >= 0.3 is 5.97 Å². The van der Waals surface area contributed by atoms with Crippen LogP contribution < -0.4 is 10.1 Å². The lowest BCUT2D eigenvalue weighted by molar-refractivity contribution is -0.139. The van der Waals surface area contributed by atoms with Gasteiger partial charge in [0.25, 0.3) is 5.91 Å². The van der Waals surface area contributed by atoms with Crippen molar-refractivity contribution in [3.8, 4) is 5.75 Å². The van der Waals surface area contributed by atoms with Crippen LogP contribution in [0.15, 0.2) is 18.2 Å². The highest BCUT2D eigenvalue weighted by Crippen LogP contribution is 2.26. The average Bonchev–Trinajstić information content (AvgIpc) is 2.66. The van der Waals surface area contributed by atoms with Gasteiger partial charge in [-0.15, -0.1) is 0 Å². The molecule has 0 radical (unpaired) electrons. The molecule has 146 valence electrons. The number of hydrogen-bond donors (Lipinski definition) is 1. The van der Waals surface area contributed by atoms with Crippen molar-refractivity contribution in [1.82, 2.24) is 0 Å². The third kappa shape index (κ3) is 5.73. The molecule has 1 N–H and O–H groups in total. The zero-order chi connectivity index (χ0) is 19.7. The standard InChI is InChI=1S/C20H31NO5/c1-7-12-25-20(5,9-3)19(23)21-15-10-11-17(26-14(4)8-2)16(13-15)18(22)24-6/h10-11,13-14H,7-9,12H2,1-6H3,(H,21,23). The SMILES string of the molecule is CCCOC(C)(CC)C(=O)Nc1ccc(OC(C)CC)c(C(=O)OC)c1. The fraction of sp³-hybridized carbons (Fsp3) is 0.600. The van der Waals surface area contributed by atoms with Gasteiger partial charge in [-0.3, -0.25) is 4.79 Å². The van der Waals surface area contributed by atoms with Crippen molar-refractivity contribution in [2.75, 3.05) is 19.0 Å². The molecule has 0 aromatic heterocycles. The highest BCUT2D eigenvalue weighted by atomic mass is 16.5. The number of hydrogen-bond acceptors (Lipinski definition) is 5. The van der Waals surface area contributed by atoms with Crippen molar-refractivity contribution in [2.45, 2.75) is 65.6 Å². The number of esters is 1. The lowest BCUT2D eigenvalue weighted by Gasteiger charge is -2.27. The topological polar surface area (TPSA) is 73.9 Å². The predicted octanol–water partition coefficient (Wildman–Crippen LogP) is 4.18. The first kappa shape index (κ1) is 22.0. The summed E-state index contributed by atoms with van der Waals surface area (Å²) < 4.78 is 16.3. The second-order valence-corrected chi connectivity index (χ2v) is 6.43. The third-order valence-corrected chi connectivity index (χ3v) is 4.33. The maximum absolute atomic E-state index is 12.6. The molecule has 0 fully saturated rings. The van der Waals surface area contributed by atoms with Crippen molar-refractivity contribution in [2.24, 2.45) is 0 Å². The van der Waals surface area contributed by atoms with E-state index in [2.05, 4.69) is 5.32 Å². The van der Waals surface area contributed by atoms with Crippen LogP contribution in [-0.4, -0.2) is 37.3 Å². The van der Waals surface area contributed by atoms with Crippen molar-refractivity contribution in [3.05, 3.63) is 23.8 Å². The molecule has 0 aliphatic rings. The smallest absolute Gasteiger partial charge is 0.341 e. The molecule has 0 aliphatic heterocycles. The first-order chi connectivity index (χ1) is 12.3. The van der Waals surface area contributed by atoms with Gasteiger partial charge in [0.05, 0.1) is 13.2 Å². The Labute approximate surface area is 156 Å². The second kappa shape index (κ2) is 10.2. The predicted molar refractivity (Wildman–Crippen MR) is 102 cm³/mol. The normalized spacial score (nSPS) is 14.2. The third-order valence-electron chi connectivity index (χ3n) is 4.33. The van der Waals surface area contributed by atoms with Gasteiger partial charge in [-0.2, -0.15) is 0 Å². The molecular weight excluding hydrogens is 334 g/mol. The Morgan fingerprint density at radius 2 is 1.92 bits per heavy atom. The van der Waals surface area contributed by atoms with Gasteiger partial charge < -0.3 is 19.5 Å². The summed E-state index contributed by atoms with van der Waals surface area (Å²) in [5.74, 6) is -0.329. The Hall–Kier alpha value is -2.08. The van der Waals surface area contributed by atoms with E-state index in [1.807, 2.05) is 27.7 Å². The molecule has 1 aromatic carbocycles. The van der Waals surface area contributed by atoms with Crippen LogP contribution in [0, 0.1) is 0 Å². The van der Waals surface area contributed by atoms with Crippen LogP contribution in [-0.2, 0) is 14.3 Å². The Morgan fingerprint density at radius 1 is 1.23 bits per heavy atom. The summed E-state index contributed by atoms with van der Waals surface area (Å²) in [6, 6.07) is 4.94. The maximum Gasteiger partial charge on any atom is 0.341 e. The summed E-state index contributed by atoms with van der Waals surface area (Å²) in [7, 11) is 1.31. The number of rotatable bonds is 10. The number of carbonyl (C=O) groups is 2. The number of benzene rings is 1. The minimum Gasteiger partial charge on any atom is -0.490 e. The Balaban J connectivity index is 3.06. The van der Waals surface area contributed by atoms with Crippen molar-refractivity contribution >= 4 is 17.6 Å². The number of nitrogens with one attached hydrogen (secondary N) is 1. The van der Waals surface area contributed by atoms with Crippen molar-refractivity contribution in [1.29, 1.82) is 0 Å². The van der Waals surface area contributed by atoms with E-state index in [-0.39, 0.29) is 17.6 Å². The summed E-state index contributed by atoms with van der Waals surface area (Å²) >= 11 is 0. The van der Waals surface area contributed by atoms with Gasteiger partial charge in [0.15, 0.2) is 0 Å². The molecule has 1 amide bonds. The zero-order valence-electron chi connectivity index (χ0n) is 16.7. The van der Waals surface area contributed by atoms with Crippen LogP contribution in [0.4, 0.5) is 5.69 Å². The number of ether oxygens (including phenoxy) is 3. The summed E-state index contributed by atoms with van der Waals surface area (Å²) in [5.41, 5.74) is -0.155. The number of methoxy groups -OCH3 is 1. The number of carbonyl (C=O) groups excluding carboxylic acids is 2. The molecule has 6 heteroatoms. The summed E-state index contributed by atoms with van der Waals surface area (Å²) in [5, 5.41) is 2.83. The second-order valence-electron chi connectivity index (χ2n) is 6.43. The maximum atomic E-state index is 12.6. The molecule has 0 spiro atoms. The summed E-state index contributed by atoms with van der Waals surface area (Å²) in [6.07, 6.45) is 2.14. The van der Waals surface area contributed by atoms with Gasteiger partial charge in [-0.25, -0.2) is 4.79 Å². The lowest BCUT2D eigenvalue weighted by atomic mass is 10.0. The monoisotopic (exact) mass is 365 g/mol. The largest absolute Gasteiger partial charge is 0.490 e. The molecular formula is C20H31NO5. The van der Waals surface area contributed by atoms with Crippen LogP contribution in [0.1, 0.15) is 64.2 Å². The van der Waals surface area contributed by atoms with Crippen LogP contribution in [0.3, 0.4) is 0 Å². The van der Waals surface area contributed by atoms with E-state index >= 15 is 0 Å². The Kier molecular flexibility index (Phi) is 8.58. The van der Waals surface area contributed by atoms with E-state index in [0.29, 0.717) is 24.5 Å². The van der Waals surface area contributed by atoms with Crippen LogP contribution in [0.5, 0.6) is 5.75 Å². The van der Waals surface area contributed by atoms with Gasteiger partial charge in [0, 0.05) is 12.3 Å². The van der Waals surface area contributed by atoms with E-state index < -0.39 is 11.6 Å². The molecule has 26 heavy (non-hydrogen) atoms. The minimum absolute atomic E-state index is 0.0373. The van der Waals surface area contributed by atoms with Gasteiger partial charge in [0.1, 0.15) is 16.9 Å². The molecule has 1 rings (SSSR count). The highest BCUT2D eigenvalue weighted by molar-refractivity contribution is 5.99. The molecule has 2 atom stereocenters. The zero-order valence-corrected chi connectivity index (χ0v) is 16.7. The van der Waals surface area contributed by atoms with E-state index in [1.165, 1.54) is 7.11 Å². The fourth-order valence-electron chi connectivity index (χ4n) is 2.20. The van der Waals surface area contributed by atoms with Crippen LogP contribution in [0.25, 0.3) is 0 Å². The minimum atomic E-state index is -0.923. The van der Waals surface area contributed by atoms with Crippen molar-refractivity contribution < 1.29 is 23.8 Å². The van der Waals surface area contributed by atoms with Gasteiger partial charge in [-0.05, 0) is 51.3 Å². The highest BCUT2D eigenvalue weighted by Gasteiger charge is 2.32. The number of amides is 1. The van der Waals surface area contributed by atoms with E-state index in [9.17, 15) is 9.59 Å². The fourth-order valence-corrected chi connectivity index (χ4v) is 2.20. The number of anilines is 1. The molecule has 0 heterocycles. The molecule has 0 saturated carbocycles. The van der Waals surface area contributed by atoms with Crippen LogP contribution >= 0.6 is 0 Å². The van der Waals surface area contributed by atoms with E-state index in [0.717, 1.165) is 12.8 Å². The Bertz CT molecular complexity index is 616. The van der Waals surface area contributed by atoms with Crippen LogP contribution in [0.2, 0.25) is 0 Å². The van der Waals surface area contributed by atoms with Gasteiger partial charge in [0.2, 0.25) is 0 Å².